The predicted molar refractivity (Wildman–Crippen MR) is 101 cm³/mol. The van der Waals surface area contributed by atoms with Gasteiger partial charge in [-0.2, -0.15) is 0 Å². The molecule has 25 heavy (non-hydrogen) atoms. The van der Waals surface area contributed by atoms with E-state index in [2.05, 4.69) is 5.32 Å². The van der Waals surface area contributed by atoms with Gasteiger partial charge in [0.1, 0.15) is 0 Å². The van der Waals surface area contributed by atoms with Crippen LogP contribution in [0.4, 0.5) is 0 Å². The Kier molecular flexibility index (Phi) is 4.48. The normalized spacial score (nSPS) is 22.4. The lowest BCUT2D eigenvalue weighted by molar-refractivity contribution is 0.0951. The summed E-state index contributed by atoms with van der Waals surface area (Å²) < 4.78 is 0. The number of hydrogen-bond acceptors (Lipinski definition) is 2. The van der Waals surface area contributed by atoms with Gasteiger partial charge in [0, 0.05) is 23.6 Å². The molecule has 2 aromatic rings. The second kappa shape index (κ2) is 6.64. The molecule has 2 unspecified atom stereocenters. The van der Waals surface area contributed by atoms with E-state index >= 15 is 0 Å². The summed E-state index contributed by atoms with van der Waals surface area (Å²) in [5.41, 5.74) is 10.4. The van der Waals surface area contributed by atoms with Crippen molar-refractivity contribution < 1.29 is 4.79 Å². The van der Waals surface area contributed by atoms with E-state index in [9.17, 15) is 4.79 Å². The van der Waals surface area contributed by atoms with Crippen LogP contribution in [0.3, 0.4) is 0 Å². The largest absolute Gasteiger partial charge is 0.349 e. The summed E-state index contributed by atoms with van der Waals surface area (Å²) in [5, 5.41) is 4.16. The number of nitrogens with one attached hydrogen (secondary N) is 1. The Bertz CT molecular complexity index is 832. The first-order chi connectivity index (χ1) is 12.0. The minimum atomic E-state index is -0.0392. The van der Waals surface area contributed by atoms with E-state index in [1.165, 1.54) is 5.56 Å². The third-order valence-electron chi connectivity index (χ3n) is 5.15. The van der Waals surface area contributed by atoms with Crippen molar-refractivity contribution in [1.82, 2.24) is 5.32 Å². The molecular weight excluding hydrogens is 355 g/mol. The highest BCUT2D eigenvalue weighted by Gasteiger charge is 2.29. The van der Waals surface area contributed by atoms with Gasteiger partial charge in [-0.1, -0.05) is 35.3 Å². The molecule has 2 aromatic carbocycles. The molecule has 0 spiro atoms. The third-order valence-corrected chi connectivity index (χ3v) is 5.89. The van der Waals surface area contributed by atoms with Gasteiger partial charge in [0.2, 0.25) is 0 Å². The van der Waals surface area contributed by atoms with Crippen LogP contribution >= 0.6 is 23.2 Å². The van der Waals surface area contributed by atoms with Crippen molar-refractivity contribution in [3.8, 4) is 0 Å². The van der Waals surface area contributed by atoms with Crippen LogP contribution in [0.5, 0.6) is 0 Å². The van der Waals surface area contributed by atoms with Gasteiger partial charge in [0.15, 0.2) is 0 Å². The highest BCUT2D eigenvalue weighted by atomic mass is 35.5. The monoisotopic (exact) mass is 374 g/mol. The maximum Gasteiger partial charge on any atom is 0.251 e. The minimum absolute atomic E-state index is 0.00541. The zero-order valence-electron chi connectivity index (χ0n) is 13.8. The van der Waals surface area contributed by atoms with Crippen LogP contribution in [0.15, 0.2) is 36.4 Å². The Morgan fingerprint density at radius 1 is 0.960 bits per heavy atom. The van der Waals surface area contributed by atoms with E-state index in [0.29, 0.717) is 21.7 Å². The lowest BCUT2D eigenvalue weighted by atomic mass is 9.76. The summed E-state index contributed by atoms with van der Waals surface area (Å²) in [6.45, 7) is 0. The molecule has 0 aliphatic heterocycles. The molecule has 2 aliphatic rings. The first-order valence-corrected chi connectivity index (χ1v) is 9.44. The van der Waals surface area contributed by atoms with Crippen molar-refractivity contribution in [2.24, 2.45) is 5.73 Å². The van der Waals surface area contributed by atoms with Crippen molar-refractivity contribution in [1.29, 1.82) is 0 Å². The zero-order valence-corrected chi connectivity index (χ0v) is 15.3. The maximum atomic E-state index is 12.3. The van der Waals surface area contributed by atoms with E-state index < -0.39 is 0 Å². The van der Waals surface area contributed by atoms with Gasteiger partial charge in [0.05, 0.1) is 10.0 Å². The minimum Gasteiger partial charge on any atom is -0.349 e. The molecule has 2 aliphatic carbocycles. The fourth-order valence-electron chi connectivity index (χ4n) is 3.58. The quantitative estimate of drug-likeness (QED) is 0.809. The number of halogens is 2. The average Bonchev–Trinajstić information content (AvgIpc) is 3.42. The van der Waals surface area contributed by atoms with Gasteiger partial charge in [-0.3, -0.25) is 4.79 Å². The van der Waals surface area contributed by atoms with Crippen LogP contribution in [-0.2, 0) is 0 Å². The van der Waals surface area contributed by atoms with Crippen LogP contribution in [-0.4, -0.2) is 11.9 Å². The average molecular weight is 375 g/mol. The summed E-state index contributed by atoms with van der Waals surface area (Å²) in [4.78, 5) is 12.3. The number of carbonyl (C=O) groups is 1. The van der Waals surface area contributed by atoms with Crippen molar-refractivity contribution in [3.63, 3.8) is 0 Å². The highest BCUT2D eigenvalue weighted by molar-refractivity contribution is 6.42. The second-order valence-electron chi connectivity index (χ2n) is 7.00. The van der Waals surface area contributed by atoms with E-state index in [0.717, 1.165) is 36.8 Å². The number of hydrogen-bond donors (Lipinski definition) is 2. The molecule has 1 saturated carbocycles. The van der Waals surface area contributed by atoms with Crippen LogP contribution < -0.4 is 11.1 Å². The standard InChI is InChI=1S/C20H20Cl2N2O/c21-17-7-2-11(10-18(17)22)14-6-8-19(23)16-9-12(1-5-15(14)16)20(25)24-13-3-4-13/h1-2,5,7,9-10,13-14,19H,3-4,6,8,23H2,(H,24,25). The molecule has 0 saturated heterocycles. The van der Waals surface area contributed by atoms with Crippen molar-refractivity contribution >= 4 is 29.1 Å². The van der Waals surface area contributed by atoms with Crippen molar-refractivity contribution in [3.05, 3.63) is 68.7 Å². The van der Waals surface area contributed by atoms with Crippen LogP contribution in [0, 0.1) is 0 Å². The second-order valence-corrected chi connectivity index (χ2v) is 7.82. The SMILES string of the molecule is NC1CCC(c2ccc(Cl)c(Cl)c2)c2ccc(C(=O)NC3CC3)cc21. The third kappa shape index (κ3) is 3.41. The fourth-order valence-corrected chi connectivity index (χ4v) is 3.89. The molecule has 4 rings (SSSR count). The first-order valence-electron chi connectivity index (χ1n) is 8.68. The number of carbonyl (C=O) groups excluding carboxylic acids is 1. The van der Waals surface area contributed by atoms with E-state index in [-0.39, 0.29) is 17.9 Å². The molecule has 0 bridgehead atoms. The first kappa shape index (κ1) is 16.9. The molecule has 0 heterocycles. The predicted octanol–water partition coefficient (Wildman–Crippen LogP) is 4.81. The molecule has 3 nitrogen and oxygen atoms in total. The van der Waals surface area contributed by atoms with Crippen molar-refractivity contribution in [2.45, 2.75) is 43.7 Å². The fraction of sp³-hybridized carbons (Fsp3) is 0.350. The van der Waals surface area contributed by atoms with Gasteiger partial charge >= 0.3 is 0 Å². The van der Waals surface area contributed by atoms with Crippen LogP contribution in [0.2, 0.25) is 10.0 Å². The van der Waals surface area contributed by atoms with Crippen LogP contribution in [0.25, 0.3) is 0 Å². The Balaban J connectivity index is 1.68. The van der Waals surface area contributed by atoms with Gasteiger partial charge in [-0.15, -0.1) is 0 Å². The number of benzene rings is 2. The van der Waals surface area contributed by atoms with Crippen molar-refractivity contribution in [2.75, 3.05) is 0 Å². The smallest absolute Gasteiger partial charge is 0.251 e. The highest BCUT2D eigenvalue weighted by Crippen LogP contribution is 2.42. The zero-order chi connectivity index (χ0) is 17.6. The number of amides is 1. The molecule has 1 fully saturated rings. The maximum absolute atomic E-state index is 12.3. The Hall–Kier alpha value is -1.55. The molecule has 1 amide bonds. The summed E-state index contributed by atoms with van der Waals surface area (Å²) >= 11 is 12.2. The van der Waals surface area contributed by atoms with Crippen LogP contribution in [0.1, 0.15) is 64.7 Å². The van der Waals surface area contributed by atoms with E-state index in [4.69, 9.17) is 28.9 Å². The molecule has 2 atom stereocenters. The number of rotatable bonds is 3. The summed E-state index contributed by atoms with van der Waals surface area (Å²) in [6.07, 6.45) is 4.00. The molecule has 130 valence electrons. The van der Waals surface area contributed by atoms with Gasteiger partial charge < -0.3 is 11.1 Å². The Morgan fingerprint density at radius 3 is 2.48 bits per heavy atom. The molecular formula is C20H20Cl2N2O. The molecule has 0 radical (unpaired) electrons. The van der Waals surface area contributed by atoms with Gasteiger partial charge in [-0.25, -0.2) is 0 Å². The lowest BCUT2D eigenvalue weighted by Gasteiger charge is -2.30. The van der Waals surface area contributed by atoms with E-state index in [1.807, 2.05) is 36.4 Å². The summed E-state index contributed by atoms with van der Waals surface area (Å²) in [7, 11) is 0. The summed E-state index contributed by atoms with van der Waals surface area (Å²) in [6, 6.07) is 12.0. The van der Waals surface area contributed by atoms with Gasteiger partial charge in [-0.05, 0) is 66.6 Å². The summed E-state index contributed by atoms with van der Waals surface area (Å²) in [5.74, 6) is 0.222. The molecule has 5 heteroatoms. The molecule has 3 N–H and O–H groups in total. The number of nitrogens with two attached hydrogens (primary N) is 1. The Morgan fingerprint density at radius 2 is 1.76 bits per heavy atom. The van der Waals surface area contributed by atoms with E-state index in [1.54, 1.807) is 0 Å². The molecule has 0 aromatic heterocycles. The topological polar surface area (TPSA) is 55.1 Å². The Labute approximate surface area is 157 Å². The lowest BCUT2D eigenvalue weighted by Crippen LogP contribution is -2.27. The van der Waals surface area contributed by atoms with Gasteiger partial charge in [0.25, 0.3) is 5.91 Å². The number of fused-ring (bicyclic) bond motifs is 1.